The molecule has 10 nitrogen and oxygen atoms in total. The lowest BCUT2D eigenvalue weighted by molar-refractivity contribution is -0.288. The summed E-state index contributed by atoms with van der Waals surface area (Å²) in [5, 5.41) is 30.8. The van der Waals surface area contributed by atoms with Crippen LogP contribution in [0.25, 0.3) is 32.7 Å². The minimum absolute atomic E-state index is 0.0512. The number of alkyl halides is 6. The molecule has 5 aromatic rings. The van der Waals surface area contributed by atoms with Gasteiger partial charge in [0.25, 0.3) is 17.7 Å². The van der Waals surface area contributed by atoms with E-state index in [4.69, 9.17) is 4.74 Å². The van der Waals surface area contributed by atoms with Gasteiger partial charge in [0.1, 0.15) is 6.10 Å². The lowest BCUT2D eigenvalue weighted by atomic mass is 9.71. The number of ether oxygens (including phenoxy) is 1. The first kappa shape index (κ1) is 53.7. The Kier molecular flexibility index (Phi) is 12.0. The number of imide groups is 1. The van der Waals surface area contributed by atoms with Crippen LogP contribution in [0.5, 0.6) is 0 Å². The third kappa shape index (κ3) is 7.88. The lowest BCUT2D eigenvalue weighted by Gasteiger charge is -2.50. The van der Waals surface area contributed by atoms with Gasteiger partial charge in [-0.25, -0.2) is 4.90 Å². The molecule has 5 heterocycles. The Labute approximate surface area is 438 Å². The topological polar surface area (TPSA) is 117 Å². The second-order valence-electron chi connectivity index (χ2n) is 25.4. The Morgan fingerprint density at radius 3 is 1.51 bits per heavy atom. The number of amides is 3. The molecule has 5 aliphatic rings. The summed E-state index contributed by atoms with van der Waals surface area (Å²) in [5.41, 5.74) is -8.43. The summed E-state index contributed by atoms with van der Waals surface area (Å²) in [6, 6.07) is 15.6. The maximum absolute atomic E-state index is 15.8. The SMILES string of the molecule is CCC(C)N1C(=O)c2ccc(C(c3ccc4c(c3)C(=O)N(c3ccc5c(=C6CC(C)(C)N(O)C(C)(C)C6)c6cc(C(C)(C)C)ccc6c(=C6CC(C)(C)N(O)C(C)(C)C6)c5c3)C4=O)(C(F)(F)F)C(F)(F)F)cc2C2OC21. The van der Waals surface area contributed by atoms with E-state index in [1.165, 1.54) is 15.0 Å². The maximum atomic E-state index is 15.8. The van der Waals surface area contributed by atoms with Crippen molar-refractivity contribution in [1.82, 2.24) is 15.0 Å². The monoisotopic (exact) mass is 1050 g/mol. The van der Waals surface area contributed by atoms with Crippen LogP contribution < -0.4 is 15.3 Å². The average Bonchev–Trinajstić information content (AvgIpc) is 4.18. The molecule has 3 atom stereocenters. The van der Waals surface area contributed by atoms with Crippen LogP contribution in [0.1, 0.15) is 182 Å². The van der Waals surface area contributed by atoms with E-state index in [0.29, 0.717) is 55.7 Å². The Bertz CT molecular complexity index is 3420. The molecule has 3 unspecified atom stereocenters. The van der Waals surface area contributed by atoms with Crippen molar-refractivity contribution in [2.75, 3.05) is 4.90 Å². The third-order valence-corrected chi connectivity index (χ3v) is 17.0. The number of rotatable bonds is 5. The Hall–Kier alpha value is -5.65. The molecule has 76 heavy (non-hydrogen) atoms. The van der Waals surface area contributed by atoms with Crippen LogP contribution in [-0.2, 0) is 15.6 Å². The summed E-state index contributed by atoms with van der Waals surface area (Å²) < 4.78 is 101. The molecule has 0 spiro atoms. The summed E-state index contributed by atoms with van der Waals surface area (Å²) in [6.45, 7) is 25.7. The normalized spacial score (nSPS) is 23.1. The molecule has 2 N–H and O–H groups in total. The predicted octanol–water partition coefficient (Wildman–Crippen LogP) is 12.5. The Morgan fingerprint density at radius 1 is 0.579 bits per heavy atom. The van der Waals surface area contributed by atoms with Gasteiger partial charge in [0.05, 0.1) is 16.8 Å². The van der Waals surface area contributed by atoms with Crippen molar-refractivity contribution in [1.29, 1.82) is 0 Å². The van der Waals surface area contributed by atoms with E-state index < -0.39 is 86.7 Å². The average molecular weight is 1050 g/mol. The molecule has 5 aromatic carbocycles. The van der Waals surface area contributed by atoms with Crippen molar-refractivity contribution in [3.8, 4) is 0 Å². The molecule has 0 saturated carbocycles. The van der Waals surface area contributed by atoms with E-state index in [1.54, 1.807) is 19.1 Å². The smallest absolute Gasteiger partial charge is 0.342 e. The summed E-state index contributed by atoms with van der Waals surface area (Å²) in [6.07, 6.45) is -11.5. The number of hydroxylamine groups is 4. The molecule has 3 saturated heterocycles. The van der Waals surface area contributed by atoms with Crippen LogP contribution in [0, 0.1) is 0 Å². The fourth-order valence-corrected chi connectivity index (χ4v) is 13.5. The zero-order valence-corrected chi connectivity index (χ0v) is 45.3. The van der Waals surface area contributed by atoms with E-state index in [9.17, 15) is 24.8 Å². The maximum Gasteiger partial charge on any atom is 0.411 e. The second kappa shape index (κ2) is 16.9. The number of piperidine rings is 2. The molecule has 404 valence electrons. The van der Waals surface area contributed by atoms with Gasteiger partial charge in [0, 0.05) is 33.8 Å². The third-order valence-electron chi connectivity index (χ3n) is 17.0. The number of halogens is 6. The molecule has 5 aliphatic heterocycles. The summed E-state index contributed by atoms with van der Waals surface area (Å²) in [4.78, 5) is 45.4. The zero-order valence-electron chi connectivity index (χ0n) is 45.3. The van der Waals surface area contributed by atoms with Gasteiger partial charge >= 0.3 is 12.4 Å². The molecular formula is C60H66F6N4O6. The van der Waals surface area contributed by atoms with Gasteiger partial charge in [0.2, 0.25) is 5.41 Å². The Morgan fingerprint density at radius 2 is 1.03 bits per heavy atom. The van der Waals surface area contributed by atoms with Crippen LogP contribution in [0.4, 0.5) is 32.0 Å². The van der Waals surface area contributed by atoms with Crippen LogP contribution in [0.2, 0.25) is 0 Å². The van der Waals surface area contributed by atoms with Crippen molar-refractivity contribution in [2.45, 2.75) is 186 Å². The summed E-state index contributed by atoms with van der Waals surface area (Å²) >= 11 is 0. The van der Waals surface area contributed by atoms with Crippen LogP contribution in [-0.4, -0.2) is 89.9 Å². The van der Waals surface area contributed by atoms with Crippen molar-refractivity contribution >= 4 is 56.1 Å². The number of benzene rings is 5. The van der Waals surface area contributed by atoms with E-state index in [-0.39, 0.29) is 33.8 Å². The standard InChI is InChI=1S/C60H66F6N4O6/c1-14-31(2)67-49(71)40-20-16-35(24-44(40)48-52(67)76-48)58(59(61,62)63,60(64,65)66)36-17-21-41-45(25-36)51(73)68(50(41)72)37-18-22-39-43(26-37)47(33-29-56(10,11)70(75)57(12,13)30-33)38-19-15-34(53(3,4)5)23-42(38)46(39)32-27-54(6,7)69(74)55(8,9)28-32/h15-26,31,48,52,74-75H,14,27-30H2,1-13H3. The van der Waals surface area contributed by atoms with E-state index >= 15 is 26.3 Å². The zero-order chi connectivity index (χ0) is 55.7. The van der Waals surface area contributed by atoms with Crippen molar-refractivity contribution in [2.24, 2.45) is 0 Å². The molecule has 16 heteroatoms. The quantitative estimate of drug-likeness (QED) is 0.0774. The van der Waals surface area contributed by atoms with Gasteiger partial charge < -0.3 is 20.1 Å². The van der Waals surface area contributed by atoms with Crippen molar-refractivity contribution in [3.05, 3.63) is 122 Å². The molecule has 3 amide bonds. The minimum Gasteiger partial charge on any atom is -0.342 e. The highest BCUT2D eigenvalue weighted by Crippen LogP contribution is 2.58. The highest BCUT2D eigenvalue weighted by Gasteiger charge is 2.73. The number of epoxide rings is 1. The number of anilines is 1. The fraction of sp³-hybridized carbons (Fsp3) is 0.483. The Balaban J connectivity index is 1.19. The largest absolute Gasteiger partial charge is 0.411 e. The minimum atomic E-state index is -6.05. The molecule has 10 rings (SSSR count). The number of nitrogens with zero attached hydrogens (tertiary/aromatic N) is 4. The molecule has 0 aromatic heterocycles. The first-order valence-corrected chi connectivity index (χ1v) is 26.0. The van der Waals surface area contributed by atoms with Crippen LogP contribution >= 0.6 is 0 Å². The molecule has 3 fully saturated rings. The molecule has 0 radical (unpaired) electrons. The summed E-state index contributed by atoms with van der Waals surface area (Å²) in [7, 11) is 0. The predicted molar refractivity (Wildman–Crippen MR) is 279 cm³/mol. The van der Waals surface area contributed by atoms with Gasteiger partial charge in [-0.2, -0.15) is 36.5 Å². The highest BCUT2D eigenvalue weighted by atomic mass is 19.4. The summed E-state index contributed by atoms with van der Waals surface area (Å²) in [5.74, 6) is -2.61. The van der Waals surface area contributed by atoms with Crippen LogP contribution in [0.3, 0.4) is 0 Å². The van der Waals surface area contributed by atoms with Crippen LogP contribution in [0.15, 0.2) is 72.8 Å². The van der Waals surface area contributed by atoms with Gasteiger partial charge in [-0.05, 0) is 190 Å². The number of fused-ring (bicyclic) bond motifs is 6. The molecule has 0 aliphatic carbocycles. The van der Waals surface area contributed by atoms with E-state index in [2.05, 4.69) is 39.0 Å². The highest BCUT2D eigenvalue weighted by molar-refractivity contribution is 6.34. The number of hydrogen-bond acceptors (Lipinski definition) is 8. The molecular weight excluding hydrogens is 987 g/mol. The van der Waals surface area contributed by atoms with Gasteiger partial charge in [-0.15, -0.1) is 0 Å². The molecule has 0 bridgehead atoms. The van der Waals surface area contributed by atoms with Gasteiger partial charge in [-0.3, -0.25) is 14.4 Å². The first-order valence-electron chi connectivity index (χ1n) is 26.0. The second-order valence-corrected chi connectivity index (χ2v) is 25.4. The number of carbonyl (C=O) groups excluding carboxylic acids is 3. The fourth-order valence-electron chi connectivity index (χ4n) is 13.5. The van der Waals surface area contributed by atoms with E-state index in [1.807, 2.05) is 68.4 Å². The first-order chi connectivity index (χ1) is 35.0. The van der Waals surface area contributed by atoms with E-state index in [0.717, 1.165) is 66.4 Å². The number of hydrogen-bond donors (Lipinski definition) is 2. The van der Waals surface area contributed by atoms with Crippen molar-refractivity contribution < 1.29 is 55.9 Å². The lowest BCUT2D eigenvalue weighted by Crippen LogP contribution is -2.57. The van der Waals surface area contributed by atoms with Gasteiger partial charge in [0.15, 0.2) is 6.23 Å². The van der Waals surface area contributed by atoms with Gasteiger partial charge in [-0.1, -0.05) is 75.2 Å². The number of carbonyl (C=O) groups is 3. The van der Waals surface area contributed by atoms with Crippen molar-refractivity contribution in [3.63, 3.8) is 0 Å².